The summed E-state index contributed by atoms with van der Waals surface area (Å²) in [6.45, 7) is 1.68. The molecule has 0 aliphatic rings. The summed E-state index contributed by atoms with van der Waals surface area (Å²) in [5, 5.41) is 8.95. The zero-order valence-electron chi connectivity index (χ0n) is 11.0. The van der Waals surface area contributed by atoms with Crippen molar-refractivity contribution in [3.05, 3.63) is 71.3 Å². The van der Waals surface area contributed by atoms with Crippen LogP contribution < -0.4 is 4.74 Å². The molecule has 0 saturated carbocycles. The third-order valence-electron chi connectivity index (χ3n) is 2.71. The highest BCUT2D eigenvalue weighted by atomic mass is 16.5. The predicted octanol–water partition coefficient (Wildman–Crippen LogP) is 3.57. The van der Waals surface area contributed by atoms with Gasteiger partial charge in [0.15, 0.2) is 0 Å². The Morgan fingerprint density at radius 2 is 1.75 bits per heavy atom. The van der Waals surface area contributed by atoms with Gasteiger partial charge in [-0.25, -0.2) is 4.79 Å². The highest BCUT2D eigenvalue weighted by Crippen LogP contribution is 2.18. The summed E-state index contributed by atoms with van der Waals surface area (Å²) in [6, 6.07) is 18.2. The van der Waals surface area contributed by atoms with Gasteiger partial charge in [-0.1, -0.05) is 42.5 Å². The second-order valence-corrected chi connectivity index (χ2v) is 4.24. The molecule has 0 heterocycles. The number of hydrogen-bond acceptors (Lipinski definition) is 3. The van der Waals surface area contributed by atoms with Crippen LogP contribution >= 0.6 is 0 Å². The SMILES string of the molecule is C/C(=C\c1ccccc1)C(=O)Oc1ccccc1C#N. The molecule has 2 rings (SSSR count). The summed E-state index contributed by atoms with van der Waals surface area (Å²) in [5.74, 6) is -0.183. The van der Waals surface area contributed by atoms with Crippen molar-refractivity contribution in [2.75, 3.05) is 0 Å². The Morgan fingerprint density at radius 1 is 1.10 bits per heavy atom. The van der Waals surface area contributed by atoms with E-state index < -0.39 is 5.97 Å². The average Bonchev–Trinajstić information content (AvgIpc) is 2.48. The molecule has 0 spiro atoms. The molecule has 0 amide bonds. The van der Waals surface area contributed by atoms with Crippen LogP contribution in [0.1, 0.15) is 18.1 Å². The van der Waals surface area contributed by atoms with Gasteiger partial charge in [-0.15, -0.1) is 0 Å². The summed E-state index contributed by atoms with van der Waals surface area (Å²) in [6.07, 6.45) is 1.75. The average molecular weight is 263 g/mol. The fraction of sp³-hybridized carbons (Fsp3) is 0.0588. The smallest absolute Gasteiger partial charge is 0.339 e. The molecule has 0 bridgehead atoms. The fourth-order valence-corrected chi connectivity index (χ4v) is 1.69. The van der Waals surface area contributed by atoms with Gasteiger partial charge >= 0.3 is 5.97 Å². The lowest BCUT2D eigenvalue weighted by Gasteiger charge is -2.06. The number of nitriles is 1. The van der Waals surface area contributed by atoms with Gasteiger partial charge in [0.05, 0.1) is 5.56 Å². The van der Waals surface area contributed by atoms with Crippen LogP contribution in [0.2, 0.25) is 0 Å². The number of carbonyl (C=O) groups is 1. The van der Waals surface area contributed by atoms with Gasteiger partial charge in [0, 0.05) is 5.57 Å². The molecule has 20 heavy (non-hydrogen) atoms. The number of benzene rings is 2. The quantitative estimate of drug-likeness (QED) is 0.483. The van der Waals surface area contributed by atoms with Crippen molar-refractivity contribution < 1.29 is 9.53 Å². The molecule has 0 aromatic heterocycles. The number of esters is 1. The van der Waals surface area contributed by atoms with Crippen LogP contribution in [0.25, 0.3) is 6.08 Å². The van der Waals surface area contributed by atoms with E-state index in [0.717, 1.165) is 5.56 Å². The minimum atomic E-state index is -0.462. The maximum absolute atomic E-state index is 12.0. The molecule has 2 aromatic carbocycles. The first-order chi connectivity index (χ1) is 9.70. The van der Waals surface area contributed by atoms with Gasteiger partial charge in [0.1, 0.15) is 11.8 Å². The summed E-state index contributed by atoms with van der Waals surface area (Å²) in [7, 11) is 0. The van der Waals surface area contributed by atoms with Gasteiger partial charge < -0.3 is 4.74 Å². The number of hydrogen-bond donors (Lipinski definition) is 0. The molecule has 0 saturated heterocycles. The second kappa shape index (κ2) is 6.35. The molecule has 98 valence electrons. The minimum absolute atomic E-state index is 0.279. The van der Waals surface area contributed by atoms with E-state index in [-0.39, 0.29) is 5.75 Å². The maximum Gasteiger partial charge on any atom is 0.339 e. The van der Waals surface area contributed by atoms with E-state index in [0.29, 0.717) is 11.1 Å². The van der Waals surface area contributed by atoms with Crippen LogP contribution in [0.3, 0.4) is 0 Å². The third kappa shape index (κ3) is 3.33. The molecule has 2 aromatic rings. The van der Waals surface area contributed by atoms with Gasteiger partial charge in [-0.05, 0) is 30.7 Å². The summed E-state index contributed by atoms with van der Waals surface area (Å²) < 4.78 is 5.24. The lowest BCUT2D eigenvalue weighted by molar-refractivity contribution is -0.130. The molecular weight excluding hydrogens is 250 g/mol. The van der Waals surface area contributed by atoms with Crippen LogP contribution in [0, 0.1) is 11.3 Å². The van der Waals surface area contributed by atoms with Gasteiger partial charge in [-0.3, -0.25) is 0 Å². The van der Waals surface area contributed by atoms with Crippen molar-refractivity contribution in [1.29, 1.82) is 5.26 Å². The molecule has 3 heteroatoms. The van der Waals surface area contributed by atoms with E-state index in [9.17, 15) is 4.79 Å². The molecule has 0 aliphatic carbocycles. The van der Waals surface area contributed by atoms with Crippen LogP contribution in [0.15, 0.2) is 60.2 Å². The molecule has 0 fully saturated rings. The molecule has 0 aliphatic heterocycles. The number of ether oxygens (including phenoxy) is 1. The first-order valence-corrected chi connectivity index (χ1v) is 6.15. The van der Waals surface area contributed by atoms with Crippen molar-refractivity contribution in [2.24, 2.45) is 0 Å². The molecular formula is C17H13NO2. The summed E-state index contributed by atoms with van der Waals surface area (Å²) >= 11 is 0. The van der Waals surface area contributed by atoms with Crippen LogP contribution in [0.5, 0.6) is 5.75 Å². The van der Waals surface area contributed by atoms with Crippen LogP contribution in [-0.4, -0.2) is 5.97 Å². The van der Waals surface area contributed by atoms with E-state index in [1.165, 1.54) is 0 Å². The van der Waals surface area contributed by atoms with Gasteiger partial charge in [0.2, 0.25) is 0 Å². The number of nitrogens with zero attached hydrogens (tertiary/aromatic N) is 1. The lowest BCUT2D eigenvalue weighted by atomic mass is 10.1. The molecule has 0 radical (unpaired) electrons. The van der Waals surface area contributed by atoms with Crippen molar-refractivity contribution in [3.63, 3.8) is 0 Å². The Kier molecular flexibility index (Phi) is 4.31. The monoisotopic (exact) mass is 263 g/mol. The molecule has 0 atom stereocenters. The highest BCUT2D eigenvalue weighted by Gasteiger charge is 2.10. The number of rotatable bonds is 3. The largest absolute Gasteiger partial charge is 0.422 e. The molecule has 0 N–H and O–H groups in total. The Hall–Kier alpha value is -2.86. The first-order valence-electron chi connectivity index (χ1n) is 6.15. The third-order valence-corrected chi connectivity index (χ3v) is 2.71. The van der Waals surface area contributed by atoms with Crippen molar-refractivity contribution in [3.8, 4) is 11.8 Å². The van der Waals surface area contributed by atoms with E-state index >= 15 is 0 Å². The van der Waals surface area contributed by atoms with Crippen LogP contribution in [0.4, 0.5) is 0 Å². The Morgan fingerprint density at radius 3 is 2.45 bits per heavy atom. The molecule has 3 nitrogen and oxygen atoms in total. The van der Waals surface area contributed by atoms with Crippen molar-refractivity contribution in [1.82, 2.24) is 0 Å². The Labute approximate surface area is 117 Å². The standard InChI is InChI=1S/C17H13NO2/c1-13(11-14-7-3-2-4-8-14)17(19)20-16-10-6-5-9-15(16)12-18/h2-11H,1H3/b13-11+. The summed E-state index contributed by atoms with van der Waals surface area (Å²) in [5.41, 5.74) is 1.74. The highest BCUT2D eigenvalue weighted by molar-refractivity contribution is 5.94. The number of carbonyl (C=O) groups excluding carboxylic acids is 1. The van der Waals surface area contributed by atoms with Gasteiger partial charge in [-0.2, -0.15) is 5.26 Å². The molecule has 0 unspecified atom stereocenters. The second-order valence-electron chi connectivity index (χ2n) is 4.24. The van der Waals surface area contributed by atoms with E-state index in [2.05, 4.69) is 0 Å². The number of para-hydroxylation sites is 1. The van der Waals surface area contributed by atoms with Gasteiger partial charge in [0.25, 0.3) is 0 Å². The van der Waals surface area contributed by atoms with E-state index in [1.807, 2.05) is 36.4 Å². The lowest BCUT2D eigenvalue weighted by Crippen LogP contribution is -2.09. The predicted molar refractivity (Wildman–Crippen MR) is 76.9 cm³/mol. The van der Waals surface area contributed by atoms with Crippen LogP contribution in [-0.2, 0) is 4.79 Å². The topological polar surface area (TPSA) is 50.1 Å². The maximum atomic E-state index is 12.0. The minimum Gasteiger partial charge on any atom is -0.422 e. The van der Waals surface area contributed by atoms with E-state index in [1.54, 1.807) is 37.3 Å². The van der Waals surface area contributed by atoms with Crippen molar-refractivity contribution >= 4 is 12.0 Å². The first kappa shape index (κ1) is 13.6. The van der Waals surface area contributed by atoms with Crippen molar-refractivity contribution in [2.45, 2.75) is 6.92 Å². The normalized spacial score (nSPS) is 10.7. The Bertz CT molecular complexity index is 682. The fourth-order valence-electron chi connectivity index (χ4n) is 1.69. The van der Waals surface area contributed by atoms with E-state index in [4.69, 9.17) is 10.00 Å². The zero-order valence-corrected chi connectivity index (χ0v) is 11.0. The zero-order chi connectivity index (χ0) is 14.4. The summed E-state index contributed by atoms with van der Waals surface area (Å²) in [4.78, 5) is 12.0. The Balaban J connectivity index is 2.16.